The van der Waals surface area contributed by atoms with E-state index < -0.39 is 0 Å². The number of aromatic amines is 1. The van der Waals surface area contributed by atoms with Gasteiger partial charge in [0.05, 0.1) is 11.6 Å². The van der Waals surface area contributed by atoms with Crippen LogP contribution in [-0.4, -0.2) is 0 Å². The zero-order valence-corrected chi connectivity index (χ0v) is 14.6. The van der Waals surface area contributed by atoms with Gasteiger partial charge in [0.1, 0.15) is 0 Å². The lowest BCUT2D eigenvalue weighted by Crippen LogP contribution is -2.06. The first-order valence-corrected chi connectivity index (χ1v) is 8.92. The number of nitrogens with zero attached hydrogens (tertiary/aromatic N) is 1. The Labute approximate surface area is 149 Å². The molecular weight excluding hydrogens is 304 g/mol. The van der Waals surface area contributed by atoms with E-state index in [4.69, 9.17) is 5.26 Å². The highest BCUT2D eigenvalue weighted by Gasteiger charge is 2.07. The third-order valence-corrected chi connectivity index (χ3v) is 4.49. The molecule has 0 aliphatic carbocycles. The number of H-pyrrole nitrogens is 1. The molecule has 25 heavy (non-hydrogen) atoms. The average molecular weight is 327 g/mol. The Hall–Kier alpha value is -2.92. The van der Waals surface area contributed by atoms with Crippen molar-refractivity contribution in [2.45, 2.75) is 32.6 Å². The lowest BCUT2D eigenvalue weighted by atomic mass is 10.0. The Morgan fingerprint density at radius 2 is 1.48 bits per heavy atom. The molecule has 0 fully saturated rings. The van der Waals surface area contributed by atoms with Gasteiger partial charge in [-0.25, -0.2) is 4.98 Å². The van der Waals surface area contributed by atoms with Crippen LogP contribution in [0.15, 0.2) is 66.9 Å². The van der Waals surface area contributed by atoms with Crippen LogP contribution < -0.4 is 4.98 Å². The number of unbranched alkanes of at least 4 members (excludes halogenated alkanes) is 2. The lowest BCUT2D eigenvalue weighted by Gasteiger charge is -2.04. The number of rotatable bonds is 6. The molecule has 1 N–H and O–H groups in total. The summed E-state index contributed by atoms with van der Waals surface area (Å²) in [6.07, 6.45) is 7.04. The van der Waals surface area contributed by atoms with Crippen molar-refractivity contribution in [2.75, 3.05) is 0 Å². The molecule has 0 saturated heterocycles. The quantitative estimate of drug-likeness (QED) is 0.556. The van der Waals surface area contributed by atoms with Crippen LogP contribution in [0, 0.1) is 11.3 Å². The molecule has 2 nitrogen and oxygen atoms in total. The van der Waals surface area contributed by atoms with E-state index >= 15 is 0 Å². The van der Waals surface area contributed by atoms with Crippen LogP contribution in [0.2, 0.25) is 0 Å². The van der Waals surface area contributed by atoms with Crippen LogP contribution in [0.3, 0.4) is 0 Å². The van der Waals surface area contributed by atoms with Gasteiger partial charge >= 0.3 is 0 Å². The number of aryl methyl sites for hydroxylation is 1. The van der Waals surface area contributed by atoms with Gasteiger partial charge < -0.3 is 0 Å². The summed E-state index contributed by atoms with van der Waals surface area (Å²) in [7, 11) is 0. The molecule has 0 bridgehead atoms. The molecule has 124 valence electrons. The van der Waals surface area contributed by atoms with Crippen LogP contribution in [0.5, 0.6) is 0 Å². The number of nitriles is 1. The number of pyridine rings is 1. The van der Waals surface area contributed by atoms with Gasteiger partial charge in [-0.05, 0) is 54.3 Å². The highest BCUT2D eigenvalue weighted by Crippen LogP contribution is 2.21. The van der Waals surface area contributed by atoms with Gasteiger partial charge in [0.2, 0.25) is 5.69 Å². The molecule has 0 atom stereocenters. The summed E-state index contributed by atoms with van der Waals surface area (Å²) in [6, 6.07) is 22.9. The minimum atomic E-state index is 0.680. The summed E-state index contributed by atoms with van der Waals surface area (Å²) in [5.41, 5.74) is 6.62. The number of nitrogens with one attached hydrogen (secondary N) is 1. The molecule has 0 aliphatic heterocycles. The third-order valence-electron chi connectivity index (χ3n) is 4.49. The number of benzene rings is 2. The Morgan fingerprint density at radius 1 is 0.800 bits per heavy atom. The summed E-state index contributed by atoms with van der Waals surface area (Å²) >= 11 is 0. The van der Waals surface area contributed by atoms with E-state index in [1.807, 2.05) is 30.5 Å². The first kappa shape index (κ1) is 16.9. The van der Waals surface area contributed by atoms with Crippen LogP contribution in [-0.2, 0) is 6.42 Å². The second-order valence-electron chi connectivity index (χ2n) is 6.33. The molecule has 1 aromatic heterocycles. The third kappa shape index (κ3) is 4.33. The SMILES string of the molecule is CCCCCc1ccc(-c2ccc(-c3ccc(C#N)cc3)[nH+]c2)cc1. The Morgan fingerprint density at radius 3 is 2.08 bits per heavy atom. The zero-order valence-electron chi connectivity index (χ0n) is 14.6. The fraction of sp³-hybridized carbons (Fsp3) is 0.217. The van der Waals surface area contributed by atoms with Crippen LogP contribution in [0.1, 0.15) is 37.3 Å². The second-order valence-corrected chi connectivity index (χ2v) is 6.33. The summed E-state index contributed by atoms with van der Waals surface area (Å²) < 4.78 is 0. The average Bonchev–Trinajstić information content (AvgIpc) is 2.69. The van der Waals surface area contributed by atoms with Gasteiger partial charge in [-0.15, -0.1) is 0 Å². The van der Waals surface area contributed by atoms with Crippen molar-refractivity contribution in [3.05, 3.63) is 78.0 Å². The summed E-state index contributed by atoms with van der Waals surface area (Å²) in [4.78, 5) is 3.36. The maximum atomic E-state index is 8.88. The van der Waals surface area contributed by atoms with E-state index in [9.17, 15) is 0 Å². The minimum Gasteiger partial charge on any atom is -0.211 e. The molecular formula is C23H23N2+. The standard InChI is InChI=1S/C23H22N2/c1-2-3-4-5-18-6-10-20(11-7-18)22-14-15-23(25-17-22)21-12-8-19(16-24)9-13-21/h6-15,17H,2-5H2,1H3/p+1. The molecule has 0 aliphatic rings. The lowest BCUT2D eigenvalue weighted by molar-refractivity contribution is -0.363. The maximum Gasteiger partial charge on any atom is 0.210 e. The molecule has 2 heteroatoms. The maximum absolute atomic E-state index is 8.88. The molecule has 0 amide bonds. The van der Waals surface area contributed by atoms with Gasteiger partial charge in [-0.2, -0.15) is 5.26 Å². The Bertz CT molecular complexity index is 839. The van der Waals surface area contributed by atoms with E-state index in [1.54, 1.807) is 0 Å². The molecule has 0 unspecified atom stereocenters. The predicted molar refractivity (Wildman–Crippen MR) is 102 cm³/mol. The van der Waals surface area contributed by atoms with Crippen molar-refractivity contribution in [1.29, 1.82) is 5.26 Å². The van der Waals surface area contributed by atoms with Gasteiger partial charge in [-0.3, -0.25) is 0 Å². The molecule has 1 heterocycles. The van der Waals surface area contributed by atoms with Crippen molar-refractivity contribution < 1.29 is 4.98 Å². The zero-order chi connectivity index (χ0) is 17.5. The number of aromatic nitrogens is 1. The molecule has 2 aromatic carbocycles. The molecule has 0 spiro atoms. The van der Waals surface area contributed by atoms with Gasteiger partial charge in [0.15, 0.2) is 6.20 Å². The van der Waals surface area contributed by atoms with Crippen molar-refractivity contribution >= 4 is 0 Å². The largest absolute Gasteiger partial charge is 0.211 e. The Kier molecular flexibility index (Phi) is 5.59. The van der Waals surface area contributed by atoms with Crippen molar-refractivity contribution in [2.24, 2.45) is 0 Å². The highest BCUT2D eigenvalue weighted by atomic mass is 14.7. The molecule has 3 rings (SSSR count). The van der Waals surface area contributed by atoms with Crippen molar-refractivity contribution in [1.82, 2.24) is 0 Å². The summed E-state index contributed by atoms with van der Waals surface area (Å²) in [5.74, 6) is 0. The van der Waals surface area contributed by atoms with Crippen LogP contribution in [0.25, 0.3) is 22.4 Å². The van der Waals surface area contributed by atoms with Crippen LogP contribution >= 0.6 is 0 Å². The highest BCUT2D eigenvalue weighted by molar-refractivity contribution is 5.65. The van der Waals surface area contributed by atoms with E-state index in [1.165, 1.54) is 36.0 Å². The number of hydrogen-bond donors (Lipinski definition) is 0. The first-order chi connectivity index (χ1) is 12.3. The fourth-order valence-electron chi connectivity index (χ4n) is 2.95. The number of hydrogen-bond acceptors (Lipinski definition) is 1. The predicted octanol–water partition coefficient (Wildman–Crippen LogP) is 5.44. The van der Waals surface area contributed by atoms with E-state index in [-0.39, 0.29) is 0 Å². The van der Waals surface area contributed by atoms with Crippen molar-refractivity contribution in [3.63, 3.8) is 0 Å². The van der Waals surface area contributed by atoms with E-state index in [0.29, 0.717) is 5.56 Å². The topological polar surface area (TPSA) is 37.9 Å². The van der Waals surface area contributed by atoms with Crippen LogP contribution in [0.4, 0.5) is 0 Å². The van der Waals surface area contributed by atoms with Gasteiger partial charge in [0, 0.05) is 17.2 Å². The molecule has 0 saturated carbocycles. The minimum absolute atomic E-state index is 0.680. The normalized spacial score (nSPS) is 10.4. The smallest absolute Gasteiger partial charge is 0.210 e. The fourth-order valence-corrected chi connectivity index (χ4v) is 2.95. The van der Waals surface area contributed by atoms with Crippen molar-refractivity contribution in [3.8, 4) is 28.5 Å². The van der Waals surface area contributed by atoms with Gasteiger partial charge in [-0.1, -0.05) is 44.0 Å². The molecule has 3 aromatic rings. The van der Waals surface area contributed by atoms with Gasteiger partial charge in [0.25, 0.3) is 0 Å². The summed E-state index contributed by atoms with van der Waals surface area (Å²) in [5, 5.41) is 8.88. The Balaban J connectivity index is 1.72. The monoisotopic (exact) mass is 327 g/mol. The summed E-state index contributed by atoms with van der Waals surface area (Å²) in [6.45, 7) is 2.24. The second kappa shape index (κ2) is 8.26. The first-order valence-electron chi connectivity index (χ1n) is 8.92. The van der Waals surface area contributed by atoms with E-state index in [0.717, 1.165) is 17.7 Å². The van der Waals surface area contributed by atoms with E-state index in [2.05, 4.69) is 54.4 Å². The molecule has 0 radical (unpaired) electrons.